The van der Waals surface area contributed by atoms with Gasteiger partial charge in [0.2, 0.25) is 0 Å². The van der Waals surface area contributed by atoms with Crippen molar-refractivity contribution in [2.75, 3.05) is 7.05 Å². The molecule has 0 aromatic heterocycles. The van der Waals surface area contributed by atoms with Crippen molar-refractivity contribution >= 4 is 0 Å². The molecule has 1 aliphatic rings. The van der Waals surface area contributed by atoms with E-state index in [1.807, 2.05) is 0 Å². The molecule has 86 valence electrons. The summed E-state index contributed by atoms with van der Waals surface area (Å²) >= 11 is 0. The van der Waals surface area contributed by atoms with Crippen molar-refractivity contribution in [3.05, 3.63) is 46.5 Å². The van der Waals surface area contributed by atoms with Crippen molar-refractivity contribution in [2.24, 2.45) is 0 Å². The highest BCUT2D eigenvalue weighted by Gasteiger charge is 2.20. The van der Waals surface area contributed by atoms with Gasteiger partial charge in [-0.3, -0.25) is 0 Å². The van der Waals surface area contributed by atoms with Crippen LogP contribution in [0.4, 0.5) is 0 Å². The number of hydrogen-bond acceptors (Lipinski definition) is 1. The Hall–Kier alpha value is -1.08. The van der Waals surface area contributed by atoms with E-state index in [-0.39, 0.29) is 0 Å². The molecule has 1 heteroatoms. The molecule has 16 heavy (non-hydrogen) atoms. The second-order valence-electron chi connectivity index (χ2n) is 4.70. The quantitative estimate of drug-likeness (QED) is 0.758. The number of nitrogens with one attached hydrogen (secondary N) is 1. The fraction of sp³-hybridized carbons (Fsp3) is 0.467. The van der Waals surface area contributed by atoms with Gasteiger partial charge >= 0.3 is 0 Å². The van der Waals surface area contributed by atoms with Crippen LogP contribution in [0.2, 0.25) is 0 Å². The molecular formula is C15H21N. The number of likely N-dealkylation sites (N-methyl/N-ethyl adjacent to an activating group) is 1. The van der Waals surface area contributed by atoms with Crippen LogP contribution in [0.3, 0.4) is 0 Å². The van der Waals surface area contributed by atoms with Gasteiger partial charge in [0, 0.05) is 0 Å². The predicted octanol–water partition coefficient (Wildman–Crippen LogP) is 3.67. The Kier molecular flexibility index (Phi) is 3.45. The van der Waals surface area contributed by atoms with Gasteiger partial charge in [-0.1, -0.05) is 29.8 Å². The molecule has 0 spiro atoms. The van der Waals surface area contributed by atoms with Crippen LogP contribution in [0, 0.1) is 13.8 Å². The fourth-order valence-corrected chi connectivity index (χ4v) is 2.76. The largest absolute Gasteiger partial charge is 0.310 e. The van der Waals surface area contributed by atoms with Crippen molar-refractivity contribution in [2.45, 2.75) is 39.2 Å². The standard InChI is InChI=1S/C15H21N/c1-11-7-6-8-12(2)14(11)15(16-3)13-9-4-5-10-13/h6-9,15-16H,4-5,10H2,1-3H3. The van der Waals surface area contributed by atoms with Gasteiger partial charge in [0.05, 0.1) is 6.04 Å². The summed E-state index contributed by atoms with van der Waals surface area (Å²) in [7, 11) is 2.07. The summed E-state index contributed by atoms with van der Waals surface area (Å²) in [6.45, 7) is 4.42. The first kappa shape index (κ1) is 11.4. The average molecular weight is 215 g/mol. The van der Waals surface area contributed by atoms with E-state index in [0.29, 0.717) is 6.04 Å². The molecule has 0 radical (unpaired) electrons. The average Bonchev–Trinajstić information content (AvgIpc) is 2.77. The second-order valence-corrected chi connectivity index (χ2v) is 4.70. The van der Waals surface area contributed by atoms with Crippen molar-refractivity contribution < 1.29 is 0 Å². The van der Waals surface area contributed by atoms with Crippen LogP contribution >= 0.6 is 0 Å². The molecule has 0 bridgehead atoms. The Balaban J connectivity index is 2.40. The van der Waals surface area contributed by atoms with Gasteiger partial charge in [0.25, 0.3) is 0 Å². The molecule has 0 heterocycles. The van der Waals surface area contributed by atoms with Crippen molar-refractivity contribution in [3.8, 4) is 0 Å². The van der Waals surface area contributed by atoms with Crippen LogP contribution in [-0.2, 0) is 0 Å². The Labute approximate surface area is 98.6 Å². The Bertz CT molecular complexity index is 384. The maximum Gasteiger partial charge on any atom is 0.0538 e. The van der Waals surface area contributed by atoms with Gasteiger partial charge in [-0.15, -0.1) is 0 Å². The number of hydrogen-bond donors (Lipinski definition) is 1. The van der Waals surface area contributed by atoms with E-state index in [0.717, 1.165) is 0 Å². The molecule has 0 saturated heterocycles. The number of rotatable bonds is 3. The highest BCUT2D eigenvalue weighted by molar-refractivity contribution is 5.41. The van der Waals surface area contributed by atoms with Gasteiger partial charge in [0.1, 0.15) is 0 Å². The maximum atomic E-state index is 3.47. The van der Waals surface area contributed by atoms with Gasteiger partial charge in [-0.05, 0) is 56.8 Å². The number of benzene rings is 1. The highest BCUT2D eigenvalue weighted by Crippen LogP contribution is 2.33. The van der Waals surface area contributed by atoms with Gasteiger partial charge < -0.3 is 5.32 Å². The first-order valence-electron chi connectivity index (χ1n) is 6.16. The van der Waals surface area contributed by atoms with E-state index in [1.165, 1.54) is 36.0 Å². The monoisotopic (exact) mass is 215 g/mol. The van der Waals surface area contributed by atoms with E-state index < -0.39 is 0 Å². The first-order valence-corrected chi connectivity index (χ1v) is 6.16. The zero-order chi connectivity index (χ0) is 11.5. The minimum atomic E-state index is 0.420. The molecule has 1 nitrogen and oxygen atoms in total. The molecule has 1 N–H and O–H groups in total. The fourth-order valence-electron chi connectivity index (χ4n) is 2.76. The SMILES string of the molecule is CNC(C1=CCCC1)c1c(C)cccc1C. The molecule has 2 rings (SSSR count). The molecule has 1 atom stereocenters. The summed E-state index contributed by atoms with van der Waals surface area (Å²) in [5.41, 5.74) is 5.83. The molecule has 1 aromatic carbocycles. The second kappa shape index (κ2) is 4.84. The van der Waals surface area contributed by atoms with Gasteiger partial charge in [-0.25, -0.2) is 0 Å². The minimum absolute atomic E-state index is 0.420. The lowest BCUT2D eigenvalue weighted by Crippen LogP contribution is -2.20. The maximum absolute atomic E-state index is 3.47. The molecule has 0 aliphatic heterocycles. The molecular weight excluding hydrogens is 194 g/mol. The molecule has 0 amide bonds. The van der Waals surface area contributed by atoms with E-state index >= 15 is 0 Å². The van der Waals surface area contributed by atoms with E-state index in [1.54, 1.807) is 5.57 Å². The lowest BCUT2D eigenvalue weighted by molar-refractivity contribution is 0.649. The number of allylic oxidation sites excluding steroid dienone is 1. The molecule has 0 fully saturated rings. The summed E-state index contributed by atoms with van der Waals surface area (Å²) in [5.74, 6) is 0. The topological polar surface area (TPSA) is 12.0 Å². The Morgan fingerprint density at radius 3 is 2.38 bits per heavy atom. The van der Waals surface area contributed by atoms with Gasteiger partial charge in [0.15, 0.2) is 0 Å². The highest BCUT2D eigenvalue weighted by atomic mass is 14.9. The first-order chi connectivity index (χ1) is 7.74. The van der Waals surface area contributed by atoms with Crippen LogP contribution in [0.25, 0.3) is 0 Å². The van der Waals surface area contributed by atoms with Crippen LogP contribution in [0.15, 0.2) is 29.8 Å². The smallest absolute Gasteiger partial charge is 0.0538 e. The Morgan fingerprint density at radius 2 is 1.88 bits per heavy atom. The third kappa shape index (κ3) is 2.05. The predicted molar refractivity (Wildman–Crippen MR) is 69.7 cm³/mol. The van der Waals surface area contributed by atoms with Crippen LogP contribution in [0.1, 0.15) is 42.0 Å². The zero-order valence-corrected chi connectivity index (χ0v) is 10.5. The molecule has 0 saturated carbocycles. The molecule has 1 unspecified atom stereocenters. The van der Waals surface area contributed by atoms with Gasteiger partial charge in [-0.2, -0.15) is 0 Å². The summed E-state index contributed by atoms with van der Waals surface area (Å²) in [5, 5.41) is 3.47. The summed E-state index contributed by atoms with van der Waals surface area (Å²) in [6.07, 6.45) is 6.23. The van der Waals surface area contributed by atoms with Crippen molar-refractivity contribution in [1.29, 1.82) is 0 Å². The lowest BCUT2D eigenvalue weighted by atomic mass is 9.91. The minimum Gasteiger partial charge on any atom is -0.310 e. The van der Waals surface area contributed by atoms with Crippen LogP contribution in [-0.4, -0.2) is 7.05 Å². The zero-order valence-electron chi connectivity index (χ0n) is 10.5. The van der Waals surface area contributed by atoms with E-state index in [2.05, 4.69) is 50.5 Å². The Morgan fingerprint density at radius 1 is 1.19 bits per heavy atom. The van der Waals surface area contributed by atoms with Crippen LogP contribution in [0.5, 0.6) is 0 Å². The summed E-state index contributed by atoms with van der Waals surface area (Å²) < 4.78 is 0. The lowest BCUT2D eigenvalue weighted by Gasteiger charge is -2.22. The molecule has 1 aliphatic carbocycles. The normalized spacial score (nSPS) is 17.3. The molecule has 1 aromatic rings. The van der Waals surface area contributed by atoms with Crippen LogP contribution < -0.4 is 5.32 Å². The van der Waals surface area contributed by atoms with E-state index in [4.69, 9.17) is 0 Å². The van der Waals surface area contributed by atoms with Crippen molar-refractivity contribution in [1.82, 2.24) is 5.32 Å². The number of aryl methyl sites for hydroxylation is 2. The van der Waals surface area contributed by atoms with E-state index in [9.17, 15) is 0 Å². The third-order valence-electron chi connectivity index (χ3n) is 3.57. The summed E-state index contributed by atoms with van der Waals surface area (Å²) in [6, 6.07) is 6.98. The van der Waals surface area contributed by atoms with Crippen molar-refractivity contribution in [3.63, 3.8) is 0 Å². The third-order valence-corrected chi connectivity index (χ3v) is 3.57. The summed E-state index contributed by atoms with van der Waals surface area (Å²) in [4.78, 5) is 0.